The molecule has 0 bridgehead atoms. The first-order chi connectivity index (χ1) is 14.9. The SMILES string of the molecule is CN(C(=O)ON)C(Cc1ccccc1)(C(=O)CCCNC=NN)N1CCCC1=S(=O)=O. The largest absolute Gasteiger partial charge is 0.430 e. The molecule has 11 nitrogen and oxygen atoms in total. The number of hydrogen-bond acceptors (Lipinski definition) is 8. The molecule has 0 aliphatic carbocycles. The van der Waals surface area contributed by atoms with E-state index in [0.717, 1.165) is 10.5 Å². The van der Waals surface area contributed by atoms with Crippen LogP contribution in [0.5, 0.6) is 0 Å². The molecule has 1 heterocycles. The Balaban J connectivity index is 2.55. The van der Waals surface area contributed by atoms with Gasteiger partial charge in [0, 0.05) is 33.0 Å². The Morgan fingerprint density at radius 2 is 2.06 bits per heavy atom. The summed E-state index contributed by atoms with van der Waals surface area (Å²) in [5.41, 5.74) is -0.866. The standard InChI is InChI=1S/C19H28N6O5S/c1-24(18(27)30-21)19(13-15-7-3-2-4-8-15,16(26)9-5-11-22-14-23-20)25-12-6-10-17(25)31(28)29/h2-4,7-8,14H,5-6,9-13,20-21H2,1H3,(H,22,23). The van der Waals surface area contributed by atoms with E-state index in [9.17, 15) is 18.0 Å². The predicted octanol–water partition coefficient (Wildman–Crippen LogP) is -0.187. The lowest BCUT2D eigenvalue weighted by molar-refractivity contribution is -0.138. The van der Waals surface area contributed by atoms with E-state index in [2.05, 4.69) is 15.3 Å². The van der Waals surface area contributed by atoms with Crippen molar-refractivity contribution in [2.45, 2.75) is 37.8 Å². The Morgan fingerprint density at radius 3 is 2.68 bits per heavy atom. The van der Waals surface area contributed by atoms with E-state index in [1.807, 2.05) is 30.3 Å². The average molecular weight is 453 g/mol. The number of benzene rings is 1. The van der Waals surface area contributed by atoms with Crippen LogP contribution in [0, 0.1) is 0 Å². The molecule has 1 aromatic rings. The molecule has 12 heteroatoms. The van der Waals surface area contributed by atoms with E-state index in [-0.39, 0.29) is 30.0 Å². The van der Waals surface area contributed by atoms with Crippen molar-refractivity contribution in [1.82, 2.24) is 15.1 Å². The molecule has 1 fully saturated rings. The topological polar surface area (TPSA) is 160 Å². The molecule has 0 radical (unpaired) electrons. The third-order valence-corrected chi connectivity index (χ3v) is 6.08. The number of nitrogens with two attached hydrogens (primary N) is 2. The minimum atomic E-state index is -2.55. The number of carbonyl (C=O) groups excluding carboxylic acids is 2. The van der Waals surface area contributed by atoms with Crippen molar-refractivity contribution in [1.29, 1.82) is 0 Å². The maximum absolute atomic E-state index is 13.7. The fourth-order valence-corrected chi connectivity index (χ4v) is 4.56. The summed E-state index contributed by atoms with van der Waals surface area (Å²) in [4.78, 5) is 33.3. The molecule has 1 atom stereocenters. The summed E-state index contributed by atoms with van der Waals surface area (Å²) in [5, 5.41) is 6.17. The average Bonchev–Trinajstić information content (AvgIpc) is 3.27. The number of likely N-dealkylation sites (N-methyl/N-ethyl adjacent to an activating group) is 1. The van der Waals surface area contributed by atoms with Crippen molar-refractivity contribution in [3.63, 3.8) is 0 Å². The first-order valence-corrected chi connectivity index (χ1v) is 10.9. The van der Waals surface area contributed by atoms with Gasteiger partial charge in [-0.2, -0.15) is 19.4 Å². The maximum Gasteiger partial charge on any atom is 0.430 e. The minimum absolute atomic E-state index is 0.0652. The molecule has 1 unspecified atom stereocenters. The van der Waals surface area contributed by atoms with Gasteiger partial charge in [0.05, 0.1) is 0 Å². The number of hydrogen-bond donors (Lipinski definition) is 3. The first kappa shape index (κ1) is 24.3. The summed E-state index contributed by atoms with van der Waals surface area (Å²) in [6.45, 7) is 0.713. The highest BCUT2D eigenvalue weighted by Gasteiger charge is 2.52. The zero-order chi connectivity index (χ0) is 22.9. The molecule has 170 valence electrons. The van der Waals surface area contributed by atoms with Gasteiger partial charge in [0.15, 0.2) is 11.4 Å². The summed E-state index contributed by atoms with van der Waals surface area (Å²) < 4.78 is 23.9. The third kappa shape index (κ3) is 5.60. The highest BCUT2D eigenvalue weighted by Crippen LogP contribution is 2.32. The Bertz CT molecular complexity index is 928. The fraction of sp³-hybridized carbons (Fsp3) is 0.474. The van der Waals surface area contributed by atoms with Gasteiger partial charge < -0.3 is 16.0 Å². The van der Waals surface area contributed by atoms with Gasteiger partial charge in [-0.25, -0.2) is 9.69 Å². The van der Waals surface area contributed by atoms with Crippen LogP contribution >= 0.6 is 0 Å². The number of carbonyl (C=O) groups is 2. The zero-order valence-corrected chi connectivity index (χ0v) is 18.2. The Morgan fingerprint density at radius 1 is 1.35 bits per heavy atom. The normalized spacial score (nSPS) is 16.1. The van der Waals surface area contributed by atoms with Crippen molar-refractivity contribution >= 4 is 33.5 Å². The van der Waals surface area contributed by atoms with E-state index in [4.69, 9.17) is 11.7 Å². The number of hydrazone groups is 1. The number of Topliss-reactive ketones (excluding diaryl/α,β-unsaturated/α-hetero) is 1. The monoisotopic (exact) mass is 452 g/mol. The van der Waals surface area contributed by atoms with E-state index in [1.54, 1.807) is 0 Å². The second kappa shape index (κ2) is 11.4. The van der Waals surface area contributed by atoms with Crippen LogP contribution < -0.4 is 17.1 Å². The Kier molecular flexibility index (Phi) is 8.97. The number of likely N-dealkylation sites (tertiary alicyclic amines) is 1. The molecule has 0 aromatic heterocycles. The number of nitrogens with zero attached hydrogens (tertiary/aromatic N) is 3. The molecular formula is C19H28N6O5S. The fourth-order valence-electron chi connectivity index (χ4n) is 3.82. The van der Waals surface area contributed by atoms with Gasteiger partial charge in [-0.3, -0.25) is 9.69 Å². The molecule has 5 N–H and O–H groups in total. The third-order valence-electron chi connectivity index (χ3n) is 5.27. The van der Waals surface area contributed by atoms with Gasteiger partial charge in [-0.15, -0.1) is 0 Å². The lowest BCUT2D eigenvalue weighted by Gasteiger charge is -2.45. The van der Waals surface area contributed by atoms with Crippen LogP contribution in [-0.2, 0) is 26.3 Å². The molecule has 1 aromatic carbocycles. The summed E-state index contributed by atoms with van der Waals surface area (Å²) >= 11 is 0. The number of ketones is 1. The number of amides is 1. The van der Waals surface area contributed by atoms with E-state index in [0.29, 0.717) is 25.9 Å². The van der Waals surface area contributed by atoms with Crippen LogP contribution in [0.4, 0.5) is 4.79 Å². The highest BCUT2D eigenvalue weighted by molar-refractivity contribution is 7.72. The van der Waals surface area contributed by atoms with Crippen LogP contribution in [0.25, 0.3) is 0 Å². The van der Waals surface area contributed by atoms with Crippen molar-refractivity contribution in [2.75, 3.05) is 20.1 Å². The molecule has 2 rings (SSSR count). The molecule has 0 saturated carbocycles. The van der Waals surface area contributed by atoms with Crippen LogP contribution in [-0.4, -0.2) is 67.2 Å². The van der Waals surface area contributed by atoms with Crippen molar-refractivity contribution < 1.29 is 22.8 Å². The van der Waals surface area contributed by atoms with Gasteiger partial charge in [0.25, 0.3) is 0 Å². The van der Waals surface area contributed by atoms with Gasteiger partial charge in [-0.1, -0.05) is 30.3 Å². The molecule has 1 aliphatic rings. The van der Waals surface area contributed by atoms with E-state index >= 15 is 0 Å². The second-order valence-corrected chi connectivity index (χ2v) is 8.01. The van der Waals surface area contributed by atoms with Gasteiger partial charge in [0.1, 0.15) is 11.3 Å². The Labute approximate surface area is 182 Å². The predicted molar refractivity (Wildman–Crippen MR) is 116 cm³/mol. The van der Waals surface area contributed by atoms with Crippen molar-refractivity contribution in [3.8, 4) is 0 Å². The maximum atomic E-state index is 13.7. The quantitative estimate of drug-likeness (QED) is 0.109. The van der Waals surface area contributed by atoms with Crippen LogP contribution in [0.2, 0.25) is 0 Å². The lowest BCUT2D eigenvalue weighted by atomic mass is 9.89. The molecule has 1 aliphatic heterocycles. The second-order valence-electron chi connectivity index (χ2n) is 7.06. The van der Waals surface area contributed by atoms with Crippen LogP contribution in [0.1, 0.15) is 31.2 Å². The van der Waals surface area contributed by atoms with Crippen molar-refractivity contribution in [2.24, 2.45) is 16.8 Å². The Hall–Kier alpha value is -2.96. The van der Waals surface area contributed by atoms with Crippen molar-refractivity contribution in [3.05, 3.63) is 35.9 Å². The van der Waals surface area contributed by atoms with Gasteiger partial charge in [0.2, 0.25) is 10.3 Å². The van der Waals surface area contributed by atoms with Gasteiger partial charge in [-0.05, 0) is 24.8 Å². The molecule has 1 amide bonds. The summed E-state index contributed by atoms with van der Waals surface area (Å²) in [6, 6.07) is 9.07. The smallest absolute Gasteiger partial charge is 0.375 e. The molecule has 1 saturated heterocycles. The summed E-state index contributed by atoms with van der Waals surface area (Å²) in [6.07, 6.45) is 1.73. The molecule has 0 spiro atoms. The van der Waals surface area contributed by atoms with E-state index in [1.165, 1.54) is 18.3 Å². The zero-order valence-electron chi connectivity index (χ0n) is 17.4. The number of rotatable bonds is 10. The lowest BCUT2D eigenvalue weighted by Crippen LogP contribution is -2.67. The van der Waals surface area contributed by atoms with Crippen LogP contribution in [0.15, 0.2) is 35.4 Å². The van der Waals surface area contributed by atoms with Crippen LogP contribution in [0.3, 0.4) is 0 Å². The van der Waals surface area contributed by atoms with E-state index < -0.39 is 22.0 Å². The number of nitrogens with one attached hydrogen (secondary N) is 1. The highest BCUT2D eigenvalue weighted by atomic mass is 32.2. The molecule has 31 heavy (non-hydrogen) atoms. The molecular weight excluding hydrogens is 424 g/mol. The first-order valence-electron chi connectivity index (χ1n) is 9.78. The minimum Gasteiger partial charge on any atom is -0.375 e. The van der Waals surface area contributed by atoms with Gasteiger partial charge >= 0.3 is 6.09 Å². The summed E-state index contributed by atoms with van der Waals surface area (Å²) in [7, 11) is -1.16. The summed E-state index contributed by atoms with van der Waals surface area (Å²) in [5.74, 6) is 9.84.